The molecule has 0 aromatic carbocycles. The van der Waals surface area contributed by atoms with Gasteiger partial charge in [-0.15, -0.1) is 12.4 Å². The summed E-state index contributed by atoms with van der Waals surface area (Å²) in [6, 6.07) is 0. The summed E-state index contributed by atoms with van der Waals surface area (Å²) in [5, 5.41) is 0. The molecule has 13 heavy (non-hydrogen) atoms. The van der Waals surface area contributed by atoms with E-state index in [4.69, 9.17) is 5.73 Å². The Morgan fingerprint density at radius 3 is 2.46 bits per heavy atom. The Kier molecular flexibility index (Phi) is 4.20. The molecule has 1 saturated heterocycles. The highest BCUT2D eigenvalue weighted by molar-refractivity contribution is 5.85. The van der Waals surface area contributed by atoms with Crippen molar-refractivity contribution in [2.45, 2.75) is 32.2 Å². The van der Waals surface area contributed by atoms with Crippen molar-refractivity contribution in [1.82, 2.24) is 4.90 Å². The third-order valence-corrected chi connectivity index (χ3v) is 2.99. The molecule has 0 saturated carbocycles. The van der Waals surface area contributed by atoms with Gasteiger partial charge in [0.05, 0.1) is 0 Å². The van der Waals surface area contributed by atoms with Gasteiger partial charge in [-0.3, -0.25) is 4.79 Å². The van der Waals surface area contributed by atoms with E-state index < -0.39 is 0 Å². The fraction of sp³-hybridized carbons (Fsp3) is 0.889. The highest BCUT2D eigenvalue weighted by Crippen LogP contribution is 2.29. The van der Waals surface area contributed by atoms with Crippen molar-refractivity contribution < 1.29 is 4.79 Å². The minimum atomic E-state index is -0.142. The first-order chi connectivity index (χ1) is 5.43. The Labute approximate surface area is 86.1 Å². The molecule has 1 fully saturated rings. The molecule has 1 unspecified atom stereocenters. The molecule has 0 aromatic rings. The minimum Gasteiger partial charge on any atom is -0.369 e. The standard InChI is InChI=1S/C9H18N2O.ClH/c1-9(2)6-7(8(10)12)4-5-11(9)3;/h7H,4-6H2,1-3H3,(H2,10,12);1H. The van der Waals surface area contributed by atoms with Gasteiger partial charge >= 0.3 is 0 Å². The fourth-order valence-electron chi connectivity index (χ4n) is 1.76. The molecule has 0 spiro atoms. The van der Waals surface area contributed by atoms with Gasteiger partial charge < -0.3 is 10.6 Å². The van der Waals surface area contributed by atoms with Gasteiger partial charge in [0, 0.05) is 11.5 Å². The van der Waals surface area contributed by atoms with Crippen LogP contribution in [0, 0.1) is 5.92 Å². The van der Waals surface area contributed by atoms with Crippen molar-refractivity contribution in [3.8, 4) is 0 Å². The number of hydrogen-bond acceptors (Lipinski definition) is 2. The monoisotopic (exact) mass is 206 g/mol. The molecule has 1 aliphatic heterocycles. The van der Waals surface area contributed by atoms with E-state index >= 15 is 0 Å². The van der Waals surface area contributed by atoms with Crippen LogP contribution in [0.2, 0.25) is 0 Å². The Morgan fingerprint density at radius 1 is 1.54 bits per heavy atom. The first kappa shape index (κ1) is 12.7. The molecule has 1 amide bonds. The molecule has 0 aromatic heterocycles. The number of amides is 1. The van der Waals surface area contributed by atoms with Gasteiger partial charge in [0.15, 0.2) is 0 Å². The second-order valence-electron chi connectivity index (χ2n) is 4.33. The molecule has 4 heteroatoms. The van der Waals surface area contributed by atoms with Crippen LogP contribution in [0.3, 0.4) is 0 Å². The number of likely N-dealkylation sites (tertiary alicyclic amines) is 1. The van der Waals surface area contributed by atoms with Crippen molar-refractivity contribution in [2.24, 2.45) is 11.7 Å². The molecule has 1 rings (SSSR count). The molecule has 1 aliphatic rings. The molecular weight excluding hydrogens is 188 g/mol. The molecular formula is C9H19ClN2O. The summed E-state index contributed by atoms with van der Waals surface area (Å²) in [4.78, 5) is 13.2. The second-order valence-corrected chi connectivity index (χ2v) is 4.33. The van der Waals surface area contributed by atoms with E-state index in [9.17, 15) is 4.79 Å². The second kappa shape index (κ2) is 4.29. The number of carbonyl (C=O) groups excluding carboxylic acids is 1. The van der Waals surface area contributed by atoms with Crippen LogP contribution >= 0.6 is 12.4 Å². The normalized spacial score (nSPS) is 27.8. The SMILES string of the molecule is CN1CCC(C(N)=O)CC1(C)C.Cl. The van der Waals surface area contributed by atoms with Gasteiger partial charge in [0.25, 0.3) is 0 Å². The first-order valence-corrected chi connectivity index (χ1v) is 4.44. The van der Waals surface area contributed by atoms with E-state index in [1.165, 1.54) is 0 Å². The predicted molar refractivity (Wildman–Crippen MR) is 55.9 cm³/mol. The number of hydrogen-bond donors (Lipinski definition) is 1. The van der Waals surface area contributed by atoms with E-state index in [1.807, 2.05) is 0 Å². The van der Waals surface area contributed by atoms with Crippen molar-refractivity contribution in [3.63, 3.8) is 0 Å². The average Bonchev–Trinajstić information content (AvgIpc) is 1.94. The summed E-state index contributed by atoms with van der Waals surface area (Å²) < 4.78 is 0. The number of nitrogens with zero attached hydrogens (tertiary/aromatic N) is 1. The highest BCUT2D eigenvalue weighted by Gasteiger charge is 2.34. The lowest BCUT2D eigenvalue weighted by Crippen LogP contribution is -2.49. The van der Waals surface area contributed by atoms with Gasteiger partial charge in [0.2, 0.25) is 5.91 Å². The summed E-state index contributed by atoms with van der Waals surface area (Å²) in [5.41, 5.74) is 5.40. The maximum Gasteiger partial charge on any atom is 0.220 e. The first-order valence-electron chi connectivity index (χ1n) is 4.44. The summed E-state index contributed by atoms with van der Waals surface area (Å²) in [7, 11) is 2.09. The smallest absolute Gasteiger partial charge is 0.220 e. The van der Waals surface area contributed by atoms with E-state index in [0.29, 0.717) is 0 Å². The maximum atomic E-state index is 11.0. The lowest BCUT2D eigenvalue weighted by atomic mass is 9.83. The van der Waals surface area contributed by atoms with Gasteiger partial charge in [0.1, 0.15) is 0 Å². The third-order valence-electron chi connectivity index (χ3n) is 2.99. The molecule has 2 N–H and O–H groups in total. The minimum absolute atomic E-state index is 0. The highest BCUT2D eigenvalue weighted by atomic mass is 35.5. The zero-order valence-electron chi connectivity index (χ0n) is 8.54. The van der Waals surface area contributed by atoms with E-state index in [-0.39, 0.29) is 29.8 Å². The molecule has 0 aliphatic carbocycles. The van der Waals surface area contributed by atoms with Crippen molar-refractivity contribution in [1.29, 1.82) is 0 Å². The Bertz CT molecular complexity index is 194. The largest absolute Gasteiger partial charge is 0.369 e. The van der Waals surface area contributed by atoms with Crippen LogP contribution in [0.5, 0.6) is 0 Å². The zero-order valence-corrected chi connectivity index (χ0v) is 9.36. The summed E-state index contributed by atoms with van der Waals surface area (Å²) in [5.74, 6) is -0.0626. The maximum absolute atomic E-state index is 11.0. The third kappa shape index (κ3) is 2.85. The number of rotatable bonds is 1. The lowest BCUT2D eigenvalue weighted by Gasteiger charge is -2.42. The van der Waals surface area contributed by atoms with Crippen molar-refractivity contribution >= 4 is 18.3 Å². The summed E-state index contributed by atoms with van der Waals surface area (Å²) in [6.07, 6.45) is 1.80. The molecule has 3 nitrogen and oxygen atoms in total. The van der Waals surface area contributed by atoms with E-state index in [1.54, 1.807) is 0 Å². The van der Waals surface area contributed by atoms with Crippen molar-refractivity contribution in [3.05, 3.63) is 0 Å². The number of nitrogens with two attached hydrogens (primary N) is 1. The van der Waals surface area contributed by atoms with Crippen LogP contribution in [0.15, 0.2) is 0 Å². The van der Waals surface area contributed by atoms with Crippen LogP contribution in [-0.2, 0) is 4.79 Å². The Balaban J connectivity index is 0.00000144. The van der Waals surface area contributed by atoms with Gasteiger partial charge in [-0.05, 0) is 40.3 Å². The number of piperidine rings is 1. The average molecular weight is 207 g/mol. The predicted octanol–water partition coefficient (Wildman–Crippen LogP) is 1.01. The van der Waals surface area contributed by atoms with Crippen LogP contribution in [-0.4, -0.2) is 29.9 Å². The van der Waals surface area contributed by atoms with Gasteiger partial charge in [-0.25, -0.2) is 0 Å². The van der Waals surface area contributed by atoms with E-state index in [0.717, 1.165) is 19.4 Å². The summed E-state index contributed by atoms with van der Waals surface area (Å²) >= 11 is 0. The Hall–Kier alpha value is -0.280. The van der Waals surface area contributed by atoms with Crippen LogP contribution in [0.25, 0.3) is 0 Å². The topological polar surface area (TPSA) is 46.3 Å². The molecule has 0 radical (unpaired) electrons. The lowest BCUT2D eigenvalue weighted by molar-refractivity contribution is -0.124. The van der Waals surface area contributed by atoms with Gasteiger partial charge in [-0.2, -0.15) is 0 Å². The fourth-order valence-corrected chi connectivity index (χ4v) is 1.76. The van der Waals surface area contributed by atoms with E-state index in [2.05, 4.69) is 25.8 Å². The van der Waals surface area contributed by atoms with Crippen LogP contribution in [0.4, 0.5) is 0 Å². The molecule has 1 atom stereocenters. The number of primary amides is 1. The zero-order chi connectivity index (χ0) is 9.35. The summed E-state index contributed by atoms with van der Waals surface area (Å²) in [6.45, 7) is 5.28. The molecule has 78 valence electrons. The van der Waals surface area contributed by atoms with Crippen molar-refractivity contribution in [2.75, 3.05) is 13.6 Å². The van der Waals surface area contributed by atoms with Crippen LogP contribution in [0.1, 0.15) is 26.7 Å². The number of halogens is 1. The molecule has 0 bridgehead atoms. The van der Waals surface area contributed by atoms with Crippen LogP contribution < -0.4 is 5.73 Å². The Morgan fingerprint density at radius 2 is 2.08 bits per heavy atom. The molecule has 1 heterocycles. The number of carbonyl (C=O) groups is 1. The van der Waals surface area contributed by atoms with Gasteiger partial charge in [-0.1, -0.05) is 0 Å². The quantitative estimate of drug-likeness (QED) is 0.696.